The van der Waals surface area contributed by atoms with Gasteiger partial charge in [-0.1, -0.05) is 250 Å². The number of hydrogen-bond donors (Lipinski definition) is 0. The molecule has 73 heavy (non-hydrogen) atoms. The van der Waals surface area contributed by atoms with Gasteiger partial charge in [-0.15, -0.1) is 22.7 Å². The fraction of sp³-hybridized carbons (Fsp3) is 0.420. The first-order chi connectivity index (χ1) is 35.8. The molecule has 0 N–H and O–H groups in total. The molecule has 3 aromatic heterocycles. The third-order valence-electron chi connectivity index (χ3n) is 16.1. The first-order valence-electron chi connectivity index (χ1n) is 28.7. The van der Waals surface area contributed by atoms with Crippen LogP contribution in [0.4, 0.5) is 0 Å². The Hall–Kier alpha value is -5.16. The van der Waals surface area contributed by atoms with Crippen LogP contribution in [-0.4, -0.2) is 9.97 Å². The van der Waals surface area contributed by atoms with Crippen molar-refractivity contribution in [2.45, 2.75) is 188 Å². The third kappa shape index (κ3) is 12.5. The van der Waals surface area contributed by atoms with Crippen LogP contribution in [0.15, 0.2) is 121 Å². The summed E-state index contributed by atoms with van der Waals surface area (Å²) < 4.78 is 0. The molecule has 3 heterocycles. The molecular formula is C69H82N2S2. The smallest absolute Gasteiger partial charge is 0.0988 e. The monoisotopic (exact) mass is 1000 g/mol. The summed E-state index contributed by atoms with van der Waals surface area (Å²) in [5.41, 5.74) is 19.5. The molecule has 2 nitrogen and oxygen atoms in total. The number of nitrogens with zero attached hydrogens (tertiary/aromatic N) is 2. The fourth-order valence-electron chi connectivity index (χ4n) is 11.8. The number of rotatable bonds is 27. The molecule has 8 aromatic rings. The summed E-state index contributed by atoms with van der Waals surface area (Å²) in [4.78, 5) is 16.4. The van der Waals surface area contributed by atoms with E-state index in [1.54, 1.807) is 11.1 Å². The van der Waals surface area contributed by atoms with E-state index in [-0.39, 0.29) is 5.41 Å². The van der Waals surface area contributed by atoms with Crippen LogP contribution in [-0.2, 0) is 5.41 Å². The van der Waals surface area contributed by atoms with Gasteiger partial charge in [0.15, 0.2) is 0 Å². The Kier molecular flexibility index (Phi) is 18.3. The van der Waals surface area contributed by atoms with Crippen LogP contribution in [0.1, 0.15) is 188 Å². The summed E-state index contributed by atoms with van der Waals surface area (Å²) in [5.74, 6) is 0. The van der Waals surface area contributed by atoms with Crippen molar-refractivity contribution in [3.8, 4) is 65.0 Å². The van der Waals surface area contributed by atoms with E-state index in [9.17, 15) is 0 Å². The summed E-state index contributed by atoms with van der Waals surface area (Å²) in [6.07, 6.45) is 29.9. The van der Waals surface area contributed by atoms with E-state index in [0.29, 0.717) is 0 Å². The van der Waals surface area contributed by atoms with Crippen molar-refractivity contribution in [3.63, 3.8) is 0 Å². The van der Waals surface area contributed by atoms with Gasteiger partial charge in [0.2, 0.25) is 0 Å². The number of fused-ring (bicyclic) bond motifs is 4. The van der Waals surface area contributed by atoms with Gasteiger partial charge in [0.1, 0.15) is 0 Å². The zero-order valence-electron chi connectivity index (χ0n) is 45.3. The molecular weight excluding hydrogens is 921 g/mol. The van der Waals surface area contributed by atoms with E-state index in [1.165, 1.54) is 194 Å². The van der Waals surface area contributed by atoms with Gasteiger partial charge in [-0.2, -0.15) is 0 Å². The van der Waals surface area contributed by atoms with E-state index in [2.05, 4.69) is 163 Å². The average Bonchev–Trinajstić information content (AvgIpc) is 4.15. The molecule has 0 atom stereocenters. The van der Waals surface area contributed by atoms with E-state index in [1.807, 2.05) is 22.7 Å². The number of benzene rings is 5. The van der Waals surface area contributed by atoms with Crippen molar-refractivity contribution in [2.24, 2.45) is 0 Å². The maximum absolute atomic E-state index is 5.70. The minimum Gasteiger partial charge on any atom is -0.243 e. The highest BCUT2D eigenvalue weighted by molar-refractivity contribution is 7.19. The Balaban J connectivity index is 1.06. The predicted octanol–water partition coefficient (Wildman–Crippen LogP) is 22.2. The normalized spacial score (nSPS) is 12.7. The Bertz CT molecular complexity index is 3010. The van der Waals surface area contributed by atoms with Crippen molar-refractivity contribution in [2.75, 3.05) is 0 Å². The van der Waals surface area contributed by atoms with Crippen LogP contribution in [0.25, 0.3) is 76.0 Å². The number of thiophene rings is 2. The molecule has 0 fully saturated rings. The number of hydrogen-bond acceptors (Lipinski definition) is 4. The van der Waals surface area contributed by atoms with Crippen LogP contribution >= 0.6 is 22.7 Å². The van der Waals surface area contributed by atoms with Gasteiger partial charge < -0.3 is 0 Å². The molecule has 380 valence electrons. The number of aromatic nitrogens is 2. The van der Waals surface area contributed by atoms with Gasteiger partial charge in [-0.05, 0) is 98.7 Å². The standard InChI is InChI=1S/C69H82N2S2/c1-7-9-11-13-15-17-19-21-23-25-45-69(46-26-24-22-20-18-16-14-12-10-8-2)60-47-51(5)31-38-56(60)57-39-37-55(48-61(57)69)62-43-44-64(73-62)59-41-40-58(63-42-32-52(6)72-63)67-68(59)71-66(54-35-29-50(4)30-36-54)65(70-67)53-33-27-49(3)28-34-53/h27-44,47-48H,7-26,45-46H2,1-6H3. The number of unbranched alkanes of at least 4 members (excludes halogenated alkanes) is 18. The highest BCUT2D eigenvalue weighted by Gasteiger charge is 2.42. The lowest BCUT2D eigenvalue weighted by Crippen LogP contribution is -2.25. The summed E-state index contributed by atoms with van der Waals surface area (Å²) in [6.45, 7) is 13.4. The number of aryl methyl sites for hydroxylation is 4. The summed E-state index contributed by atoms with van der Waals surface area (Å²) in [5, 5.41) is 0. The molecule has 5 aromatic carbocycles. The summed E-state index contributed by atoms with van der Waals surface area (Å²) in [7, 11) is 0. The van der Waals surface area contributed by atoms with Crippen LogP contribution in [0, 0.1) is 27.7 Å². The van der Waals surface area contributed by atoms with Gasteiger partial charge in [0.25, 0.3) is 0 Å². The van der Waals surface area contributed by atoms with Crippen LogP contribution in [0.5, 0.6) is 0 Å². The maximum Gasteiger partial charge on any atom is 0.0988 e. The van der Waals surface area contributed by atoms with E-state index < -0.39 is 0 Å². The van der Waals surface area contributed by atoms with Crippen LogP contribution in [0.3, 0.4) is 0 Å². The van der Waals surface area contributed by atoms with Gasteiger partial charge in [-0.3, -0.25) is 0 Å². The summed E-state index contributed by atoms with van der Waals surface area (Å²) >= 11 is 3.73. The van der Waals surface area contributed by atoms with Crippen molar-refractivity contribution < 1.29 is 0 Å². The molecule has 1 aliphatic rings. The molecule has 9 rings (SSSR count). The Morgan fingerprint density at radius 3 is 1.21 bits per heavy atom. The zero-order chi connectivity index (χ0) is 50.6. The average molecular weight is 1000 g/mol. The van der Waals surface area contributed by atoms with Crippen molar-refractivity contribution in [3.05, 3.63) is 154 Å². The fourth-order valence-corrected chi connectivity index (χ4v) is 13.8. The highest BCUT2D eigenvalue weighted by Crippen LogP contribution is 2.56. The quantitative estimate of drug-likeness (QED) is 0.0480. The van der Waals surface area contributed by atoms with Crippen LogP contribution in [0.2, 0.25) is 0 Å². The molecule has 0 unspecified atom stereocenters. The second kappa shape index (κ2) is 25.4. The summed E-state index contributed by atoms with van der Waals surface area (Å²) in [6, 6.07) is 46.3. The topological polar surface area (TPSA) is 25.8 Å². The second-order valence-corrected chi connectivity index (χ2v) is 24.2. The van der Waals surface area contributed by atoms with E-state index in [4.69, 9.17) is 9.97 Å². The maximum atomic E-state index is 5.70. The zero-order valence-corrected chi connectivity index (χ0v) is 46.9. The predicted molar refractivity (Wildman–Crippen MR) is 321 cm³/mol. The molecule has 0 radical (unpaired) electrons. The second-order valence-electron chi connectivity index (χ2n) is 21.8. The van der Waals surface area contributed by atoms with E-state index >= 15 is 0 Å². The lowest BCUT2D eigenvalue weighted by atomic mass is 9.70. The Morgan fingerprint density at radius 1 is 0.342 bits per heavy atom. The first kappa shape index (κ1) is 52.7. The lowest BCUT2D eigenvalue weighted by Gasteiger charge is -2.33. The minimum atomic E-state index is 0.0381. The van der Waals surface area contributed by atoms with Gasteiger partial charge >= 0.3 is 0 Å². The van der Waals surface area contributed by atoms with E-state index in [0.717, 1.165) is 44.7 Å². The Morgan fingerprint density at radius 2 is 0.726 bits per heavy atom. The highest BCUT2D eigenvalue weighted by atomic mass is 32.1. The molecule has 0 amide bonds. The first-order valence-corrected chi connectivity index (χ1v) is 30.3. The molecule has 0 aliphatic heterocycles. The molecule has 0 saturated carbocycles. The lowest BCUT2D eigenvalue weighted by molar-refractivity contribution is 0.397. The van der Waals surface area contributed by atoms with Gasteiger partial charge in [0.05, 0.1) is 22.4 Å². The molecule has 4 heteroatoms. The molecule has 0 saturated heterocycles. The van der Waals surface area contributed by atoms with Crippen molar-refractivity contribution in [1.29, 1.82) is 0 Å². The minimum absolute atomic E-state index is 0.0381. The van der Waals surface area contributed by atoms with Crippen molar-refractivity contribution in [1.82, 2.24) is 9.97 Å². The Labute approximate surface area is 448 Å². The molecule has 0 bridgehead atoms. The molecule has 1 aliphatic carbocycles. The van der Waals surface area contributed by atoms with Gasteiger partial charge in [-0.25, -0.2) is 9.97 Å². The van der Waals surface area contributed by atoms with Crippen molar-refractivity contribution >= 4 is 33.7 Å². The van der Waals surface area contributed by atoms with Crippen LogP contribution < -0.4 is 0 Å². The largest absolute Gasteiger partial charge is 0.243 e. The SMILES string of the molecule is CCCCCCCCCCCCC1(CCCCCCCCCCCC)c2cc(C)ccc2-c2ccc(-c3ccc(-c4ccc(-c5ccc(C)s5)c5nc(-c6ccc(C)cc6)c(-c6ccc(C)cc6)nc45)s3)cc21. The van der Waals surface area contributed by atoms with Gasteiger partial charge in [0, 0.05) is 47.2 Å². The molecule has 0 spiro atoms. The third-order valence-corrected chi connectivity index (χ3v) is 18.3.